The molecule has 0 fully saturated rings. The van der Waals surface area contributed by atoms with E-state index in [1.54, 1.807) is 0 Å². The molecule has 15 heavy (non-hydrogen) atoms. The number of thioether (sulfide) groups is 1. The molecule has 2 rings (SSSR count). The van der Waals surface area contributed by atoms with Crippen molar-refractivity contribution in [1.82, 2.24) is 4.90 Å². The van der Waals surface area contributed by atoms with Gasteiger partial charge >= 0.3 is 0 Å². The van der Waals surface area contributed by atoms with Crippen molar-refractivity contribution in [2.45, 2.75) is 11.8 Å². The third-order valence-corrected chi connectivity index (χ3v) is 3.30. The SMILES string of the molecule is CCSc1ccccc1N1C=CN(C)C1. The third-order valence-electron chi connectivity index (χ3n) is 2.35. The molecule has 1 aromatic carbocycles. The van der Waals surface area contributed by atoms with Gasteiger partial charge in [-0.2, -0.15) is 0 Å². The molecule has 1 aliphatic heterocycles. The molecule has 0 bridgehead atoms. The van der Waals surface area contributed by atoms with Gasteiger partial charge in [0, 0.05) is 24.3 Å². The highest BCUT2D eigenvalue weighted by atomic mass is 32.2. The first-order chi connectivity index (χ1) is 7.31. The van der Waals surface area contributed by atoms with Crippen molar-refractivity contribution in [3.8, 4) is 0 Å². The maximum atomic E-state index is 2.28. The van der Waals surface area contributed by atoms with Gasteiger partial charge in [0.15, 0.2) is 0 Å². The maximum Gasteiger partial charge on any atom is 0.0939 e. The van der Waals surface area contributed by atoms with Crippen LogP contribution in [0.1, 0.15) is 6.92 Å². The lowest BCUT2D eigenvalue weighted by Gasteiger charge is -2.20. The molecular formula is C12H16N2S. The molecular weight excluding hydrogens is 204 g/mol. The van der Waals surface area contributed by atoms with E-state index >= 15 is 0 Å². The Bertz CT molecular complexity index is 362. The molecule has 0 radical (unpaired) electrons. The average molecular weight is 220 g/mol. The Morgan fingerprint density at radius 1 is 1.27 bits per heavy atom. The summed E-state index contributed by atoms with van der Waals surface area (Å²) in [5, 5.41) is 0. The molecule has 0 atom stereocenters. The van der Waals surface area contributed by atoms with Crippen LogP contribution in [0.15, 0.2) is 41.6 Å². The molecule has 3 heteroatoms. The van der Waals surface area contributed by atoms with Crippen LogP contribution < -0.4 is 4.90 Å². The number of hydrogen-bond donors (Lipinski definition) is 0. The Morgan fingerprint density at radius 2 is 2.07 bits per heavy atom. The Hall–Kier alpha value is -1.09. The topological polar surface area (TPSA) is 6.48 Å². The summed E-state index contributed by atoms with van der Waals surface area (Å²) < 4.78 is 0. The summed E-state index contributed by atoms with van der Waals surface area (Å²) in [6.07, 6.45) is 4.24. The quantitative estimate of drug-likeness (QED) is 0.723. The van der Waals surface area contributed by atoms with Crippen LogP contribution >= 0.6 is 11.8 Å². The molecule has 0 aromatic heterocycles. The number of benzene rings is 1. The van der Waals surface area contributed by atoms with E-state index in [0.717, 1.165) is 12.4 Å². The van der Waals surface area contributed by atoms with Gasteiger partial charge in [-0.25, -0.2) is 0 Å². The van der Waals surface area contributed by atoms with Crippen LogP contribution in [-0.2, 0) is 0 Å². The monoisotopic (exact) mass is 220 g/mol. The van der Waals surface area contributed by atoms with E-state index in [1.165, 1.54) is 10.6 Å². The van der Waals surface area contributed by atoms with Crippen LogP contribution in [0.4, 0.5) is 5.69 Å². The lowest BCUT2D eigenvalue weighted by molar-refractivity contribution is 0.495. The molecule has 0 unspecified atom stereocenters. The molecule has 0 saturated heterocycles. The Morgan fingerprint density at radius 3 is 2.73 bits per heavy atom. The van der Waals surface area contributed by atoms with E-state index in [4.69, 9.17) is 0 Å². The smallest absolute Gasteiger partial charge is 0.0939 e. The Kier molecular flexibility index (Phi) is 3.21. The molecule has 80 valence electrons. The van der Waals surface area contributed by atoms with E-state index in [0.29, 0.717) is 0 Å². The number of para-hydroxylation sites is 1. The van der Waals surface area contributed by atoms with Gasteiger partial charge in [-0.3, -0.25) is 0 Å². The Labute approximate surface area is 95.6 Å². The normalized spacial score (nSPS) is 15.1. The highest BCUT2D eigenvalue weighted by Gasteiger charge is 2.13. The molecule has 1 aliphatic rings. The molecule has 1 heterocycles. The van der Waals surface area contributed by atoms with Crippen molar-refractivity contribution < 1.29 is 0 Å². The summed E-state index contributed by atoms with van der Waals surface area (Å²) in [7, 11) is 2.09. The minimum absolute atomic E-state index is 0.946. The van der Waals surface area contributed by atoms with Crippen LogP contribution in [0, 0.1) is 0 Å². The van der Waals surface area contributed by atoms with Gasteiger partial charge in [-0.1, -0.05) is 19.1 Å². The third kappa shape index (κ3) is 2.29. The fourth-order valence-corrected chi connectivity index (χ4v) is 2.48. The summed E-state index contributed by atoms with van der Waals surface area (Å²) in [6.45, 7) is 3.13. The molecule has 1 aromatic rings. The van der Waals surface area contributed by atoms with Crippen molar-refractivity contribution in [3.05, 3.63) is 36.7 Å². The summed E-state index contributed by atoms with van der Waals surface area (Å²) >= 11 is 1.90. The predicted octanol–water partition coefficient (Wildman–Crippen LogP) is 2.98. The number of nitrogens with zero attached hydrogens (tertiary/aromatic N) is 2. The minimum atomic E-state index is 0.946. The van der Waals surface area contributed by atoms with Gasteiger partial charge in [0.05, 0.1) is 12.4 Å². The van der Waals surface area contributed by atoms with Gasteiger partial charge in [0.2, 0.25) is 0 Å². The first kappa shape index (κ1) is 10.4. The number of hydrogen-bond acceptors (Lipinski definition) is 3. The van der Waals surface area contributed by atoms with Crippen molar-refractivity contribution in [3.63, 3.8) is 0 Å². The number of anilines is 1. The zero-order chi connectivity index (χ0) is 10.7. The molecule has 2 nitrogen and oxygen atoms in total. The zero-order valence-electron chi connectivity index (χ0n) is 9.18. The second-order valence-electron chi connectivity index (χ2n) is 3.57. The van der Waals surface area contributed by atoms with E-state index in [-0.39, 0.29) is 0 Å². The largest absolute Gasteiger partial charge is 0.361 e. The maximum absolute atomic E-state index is 2.28. The van der Waals surface area contributed by atoms with Gasteiger partial charge in [0.25, 0.3) is 0 Å². The standard InChI is InChI=1S/C12H16N2S/c1-3-15-12-7-5-4-6-11(12)14-9-8-13(2)10-14/h4-9H,3,10H2,1-2H3. The van der Waals surface area contributed by atoms with Crippen molar-refractivity contribution in [2.24, 2.45) is 0 Å². The van der Waals surface area contributed by atoms with Gasteiger partial charge in [-0.05, 0) is 17.9 Å². The highest BCUT2D eigenvalue weighted by Crippen LogP contribution is 2.31. The van der Waals surface area contributed by atoms with Crippen LogP contribution in [-0.4, -0.2) is 24.4 Å². The summed E-state index contributed by atoms with van der Waals surface area (Å²) in [5.74, 6) is 1.12. The van der Waals surface area contributed by atoms with Gasteiger partial charge in [0.1, 0.15) is 0 Å². The van der Waals surface area contributed by atoms with E-state index in [2.05, 4.69) is 60.4 Å². The number of rotatable bonds is 3. The Balaban J connectivity index is 2.23. The first-order valence-electron chi connectivity index (χ1n) is 5.18. The van der Waals surface area contributed by atoms with Gasteiger partial charge in [-0.15, -0.1) is 11.8 Å². The second-order valence-corrected chi connectivity index (χ2v) is 4.87. The van der Waals surface area contributed by atoms with Crippen molar-refractivity contribution in [2.75, 3.05) is 24.4 Å². The van der Waals surface area contributed by atoms with Crippen molar-refractivity contribution in [1.29, 1.82) is 0 Å². The molecule has 0 N–H and O–H groups in total. The second kappa shape index (κ2) is 4.62. The molecule has 0 saturated carbocycles. The summed E-state index contributed by atoms with van der Waals surface area (Å²) in [6, 6.07) is 8.57. The van der Waals surface area contributed by atoms with E-state index < -0.39 is 0 Å². The fourth-order valence-electron chi connectivity index (χ4n) is 1.66. The average Bonchev–Trinajstić information content (AvgIpc) is 2.66. The van der Waals surface area contributed by atoms with E-state index in [1.807, 2.05) is 11.8 Å². The fraction of sp³-hybridized carbons (Fsp3) is 0.333. The van der Waals surface area contributed by atoms with Crippen LogP contribution in [0.25, 0.3) is 0 Å². The molecule has 0 spiro atoms. The molecule has 0 aliphatic carbocycles. The lowest BCUT2D eigenvalue weighted by Crippen LogP contribution is -2.22. The zero-order valence-corrected chi connectivity index (χ0v) is 10.00. The van der Waals surface area contributed by atoms with Crippen LogP contribution in [0.5, 0.6) is 0 Å². The van der Waals surface area contributed by atoms with E-state index in [9.17, 15) is 0 Å². The first-order valence-corrected chi connectivity index (χ1v) is 6.17. The molecule has 0 amide bonds. The lowest BCUT2D eigenvalue weighted by atomic mass is 10.3. The minimum Gasteiger partial charge on any atom is -0.361 e. The highest BCUT2D eigenvalue weighted by molar-refractivity contribution is 7.99. The van der Waals surface area contributed by atoms with Gasteiger partial charge < -0.3 is 9.80 Å². The summed E-state index contributed by atoms with van der Waals surface area (Å²) in [4.78, 5) is 5.81. The summed E-state index contributed by atoms with van der Waals surface area (Å²) in [5.41, 5.74) is 1.31. The van der Waals surface area contributed by atoms with Crippen LogP contribution in [0.2, 0.25) is 0 Å². The van der Waals surface area contributed by atoms with Crippen LogP contribution in [0.3, 0.4) is 0 Å². The predicted molar refractivity (Wildman–Crippen MR) is 67.1 cm³/mol. The van der Waals surface area contributed by atoms with Crippen molar-refractivity contribution >= 4 is 17.4 Å².